The molecule has 36 heavy (non-hydrogen) atoms. The molecule has 0 saturated carbocycles. The van der Waals surface area contributed by atoms with E-state index in [-0.39, 0.29) is 11.0 Å². The summed E-state index contributed by atoms with van der Waals surface area (Å²) in [6.07, 6.45) is 5.96. The molecule has 2 N–H and O–H groups in total. The molecule has 0 fully saturated rings. The summed E-state index contributed by atoms with van der Waals surface area (Å²) in [5.74, 6) is 1.95. The van der Waals surface area contributed by atoms with E-state index >= 15 is 0 Å². The third-order valence-corrected chi connectivity index (χ3v) is 5.52. The molecule has 0 aromatic heterocycles. The van der Waals surface area contributed by atoms with E-state index in [1.165, 1.54) is 25.7 Å². The summed E-state index contributed by atoms with van der Waals surface area (Å²) < 4.78 is 17.2. The molecule has 3 aromatic carbocycles. The predicted octanol–water partition coefficient (Wildman–Crippen LogP) is 6.62. The van der Waals surface area contributed by atoms with E-state index < -0.39 is 0 Å². The number of hydrogen-bond acceptors (Lipinski definition) is 5. The lowest BCUT2D eigenvalue weighted by Gasteiger charge is -2.12. The van der Waals surface area contributed by atoms with Crippen LogP contribution < -0.4 is 24.8 Å². The zero-order chi connectivity index (χ0) is 25.4. The van der Waals surface area contributed by atoms with Crippen LogP contribution in [-0.4, -0.2) is 30.8 Å². The second-order valence-electron chi connectivity index (χ2n) is 8.23. The molecule has 0 heterocycles. The topological polar surface area (TPSA) is 68.8 Å². The van der Waals surface area contributed by atoms with Crippen LogP contribution in [0.2, 0.25) is 0 Å². The number of ether oxygens (including phenoxy) is 3. The fraction of sp³-hybridized carbons (Fsp3) is 0.310. The normalized spacial score (nSPS) is 10.4. The monoisotopic (exact) mass is 506 g/mol. The van der Waals surface area contributed by atoms with Crippen LogP contribution in [-0.2, 0) is 0 Å². The number of benzene rings is 3. The van der Waals surface area contributed by atoms with E-state index in [2.05, 4.69) is 17.6 Å². The van der Waals surface area contributed by atoms with Crippen molar-refractivity contribution in [3.8, 4) is 17.2 Å². The van der Waals surface area contributed by atoms with Gasteiger partial charge in [-0.25, -0.2) is 0 Å². The molecule has 0 radical (unpaired) electrons. The molecule has 190 valence electrons. The van der Waals surface area contributed by atoms with Gasteiger partial charge in [-0.1, -0.05) is 56.9 Å². The van der Waals surface area contributed by atoms with Crippen molar-refractivity contribution in [1.29, 1.82) is 0 Å². The summed E-state index contributed by atoms with van der Waals surface area (Å²) in [4.78, 5) is 12.6. The second-order valence-corrected chi connectivity index (χ2v) is 8.64. The molecule has 1 amide bonds. The zero-order valence-electron chi connectivity index (χ0n) is 20.7. The lowest BCUT2D eigenvalue weighted by molar-refractivity contribution is 0.0977. The Balaban J connectivity index is 1.38. The molecule has 0 spiro atoms. The molecular formula is C29H34N2O4S. The van der Waals surface area contributed by atoms with Crippen LogP contribution in [0.25, 0.3) is 0 Å². The minimum absolute atomic E-state index is 0.206. The van der Waals surface area contributed by atoms with Crippen molar-refractivity contribution >= 4 is 28.9 Å². The molecule has 0 aliphatic carbocycles. The van der Waals surface area contributed by atoms with Gasteiger partial charge in [0.2, 0.25) is 0 Å². The van der Waals surface area contributed by atoms with Gasteiger partial charge in [0.05, 0.1) is 6.61 Å². The Bertz CT molecular complexity index is 1070. The molecule has 7 heteroatoms. The van der Waals surface area contributed by atoms with Crippen molar-refractivity contribution in [1.82, 2.24) is 5.32 Å². The van der Waals surface area contributed by atoms with Crippen LogP contribution in [0.15, 0.2) is 78.9 Å². The number of carbonyl (C=O) groups is 1. The summed E-state index contributed by atoms with van der Waals surface area (Å²) in [5.41, 5.74) is 1.22. The first-order valence-electron chi connectivity index (χ1n) is 12.4. The van der Waals surface area contributed by atoms with Crippen LogP contribution >= 0.6 is 12.2 Å². The second kappa shape index (κ2) is 15.4. The van der Waals surface area contributed by atoms with E-state index in [1.54, 1.807) is 24.3 Å². The molecule has 0 aliphatic rings. The van der Waals surface area contributed by atoms with Crippen LogP contribution in [0.3, 0.4) is 0 Å². The van der Waals surface area contributed by atoms with Gasteiger partial charge in [-0.15, -0.1) is 0 Å². The number of nitrogens with one attached hydrogen (secondary N) is 2. The first kappa shape index (κ1) is 27.0. The fourth-order valence-electron chi connectivity index (χ4n) is 3.44. The Morgan fingerprint density at radius 2 is 1.36 bits per heavy atom. The summed E-state index contributed by atoms with van der Waals surface area (Å²) in [6, 6.07) is 24.0. The number of thiocarbonyl (C=S) groups is 1. The van der Waals surface area contributed by atoms with Crippen molar-refractivity contribution in [2.24, 2.45) is 0 Å². The first-order chi connectivity index (χ1) is 17.6. The van der Waals surface area contributed by atoms with Crippen molar-refractivity contribution in [3.05, 3.63) is 84.4 Å². The first-order valence-corrected chi connectivity index (χ1v) is 12.8. The van der Waals surface area contributed by atoms with Crippen molar-refractivity contribution < 1.29 is 19.0 Å². The average Bonchev–Trinajstić information content (AvgIpc) is 2.90. The molecule has 0 aliphatic heterocycles. The Kier molecular flexibility index (Phi) is 11.6. The molecule has 3 aromatic rings. The number of rotatable bonds is 14. The van der Waals surface area contributed by atoms with Gasteiger partial charge < -0.3 is 19.5 Å². The molecule has 0 bridgehead atoms. The zero-order valence-corrected chi connectivity index (χ0v) is 21.5. The van der Waals surface area contributed by atoms with Gasteiger partial charge in [0.1, 0.15) is 30.5 Å². The third kappa shape index (κ3) is 9.96. The quantitative estimate of drug-likeness (QED) is 0.189. The molecule has 0 unspecified atom stereocenters. The van der Waals surface area contributed by atoms with E-state index in [4.69, 9.17) is 26.4 Å². The number of carbonyl (C=O) groups excluding carboxylic acids is 1. The van der Waals surface area contributed by atoms with Gasteiger partial charge >= 0.3 is 0 Å². The smallest absolute Gasteiger partial charge is 0.257 e. The third-order valence-electron chi connectivity index (χ3n) is 5.32. The van der Waals surface area contributed by atoms with E-state index in [0.29, 0.717) is 36.8 Å². The number of hydrogen-bond donors (Lipinski definition) is 2. The maximum atomic E-state index is 12.6. The Morgan fingerprint density at radius 3 is 2.11 bits per heavy atom. The highest BCUT2D eigenvalue weighted by Crippen LogP contribution is 2.18. The summed E-state index contributed by atoms with van der Waals surface area (Å²) in [5, 5.41) is 5.93. The maximum Gasteiger partial charge on any atom is 0.257 e. The van der Waals surface area contributed by atoms with Crippen LogP contribution in [0, 0.1) is 0 Å². The van der Waals surface area contributed by atoms with Gasteiger partial charge in [0.25, 0.3) is 5.91 Å². The SMILES string of the molecule is CCCCCCCOc1ccc(C(=O)NC(=S)Nc2cccc(OCCOc3ccccc3)c2)cc1. The lowest BCUT2D eigenvalue weighted by atomic mass is 10.2. The predicted molar refractivity (Wildman–Crippen MR) is 148 cm³/mol. The highest BCUT2D eigenvalue weighted by Gasteiger charge is 2.09. The number of para-hydroxylation sites is 1. The van der Waals surface area contributed by atoms with Crippen LogP contribution in [0.1, 0.15) is 49.4 Å². The Morgan fingerprint density at radius 1 is 0.722 bits per heavy atom. The molecule has 6 nitrogen and oxygen atoms in total. The van der Waals surface area contributed by atoms with Crippen molar-refractivity contribution in [3.63, 3.8) is 0 Å². The number of unbranched alkanes of at least 4 members (excludes halogenated alkanes) is 4. The minimum Gasteiger partial charge on any atom is -0.494 e. The van der Waals surface area contributed by atoms with Gasteiger partial charge in [0, 0.05) is 17.3 Å². The largest absolute Gasteiger partial charge is 0.494 e. The highest BCUT2D eigenvalue weighted by atomic mass is 32.1. The van der Waals surface area contributed by atoms with Gasteiger partial charge in [-0.05, 0) is 67.2 Å². The number of amides is 1. The van der Waals surface area contributed by atoms with Crippen molar-refractivity contribution in [2.45, 2.75) is 39.0 Å². The molecular weight excluding hydrogens is 472 g/mol. The summed E-state index contributed by atoms with van der Waals surface area (Å²) >= 11 is 5.31. The van der Waals surface area contributed by atoms with Crippen LogP contribution in [0.4, 0.5) is 5.69 Å². The Labute approximate surface area is 219 Å². The molecule has 0 atom stereocenters. The van der Waals surface area contributed by atoms with Gasteiger partial charge in [-0.2, -0.15) is 0 Å². The van der Waals surface area contributed by atoms with E-state index in [0.717, 1.165) is 17.9 Å². The standard InChI is InChI=1S/C29H34N2O4S/c1-2-3-4-5-9-19-33-26-17-15-23(16-18-26)28(32)31-29(36)30-24-11-10-14-27(22-24)35-21-20-34-25-12-7-6-8-13-25/h6-8,10-18,22H,2-5,9,19-21H2,1H3,(H2,30,31,32,36). The highest BCUT2D eigenvalue weighted by molar-refractivity contribution is 7.80. The average molecular weight is 507 g/mol. The number of anilines is 1. The van der Waals surface area contributed by atoms with E-state index in [1.807, 2.05) is 54.6 Å². The Hall–Kier alpha value is -3.58. The lowest BCUT2D eigenvalue weighted by Crippen LogP contribution is -2.34. The minimum atomic E-state index is -0.288. The van der Waals surface area contributed by atoms with Gasteiger partial charge in [-0.3, -0.25) is 10.1 Å². The van der Waals surface area contributed by atoms with Gasteiger partial charge in [0.15, 0.2) is 5.11 Å². The fourth-order valence-corrected chi connectivity index (χ4v) is 3.65. The molecule has 3 rings (SSSR count). The van der Waals surface area contributed by atoms with E-state index in [9.17, 15) is 4.79 Å². The van der Waals surface area contributed by atoms with Crippen LogP contribution in [0.5, 0.6) is 17.2 Å². The maximum absolute atomic E-state index is 12.6. The van der Waals surface area contributed by atoms with Crippen molar-refractivity contribution in [2.75, 3.05) is 25.1 Å². The molecule has 0 saturated heterocycles. The summed E-state index contributed by atoms with van der Waals surface area (Å²) in [6.45, 7) is 3.72. The summed E-state index contributed by atoms with van der Waals surface area (Å²) in [7, 11) is 0.